The Hall–Kier alpha value is -2.12. The highest BCUT2D eigenvalue weighted by Gasteiger charge is 2.11. The van der Waals surface area contributed by atoms with E-state index in [1.807, 2.05) is 62.1 Å². The Morgan fingerprint density at radius 2 is 1.96 bits per heavy atom. The second-order valence-corrected chi connectivity index (χ2v) is 8.38. The van der Waals surface area contributed by atoms with E-state index in [0.717, 1.165) is 37.6 Å². The van der Waals surface area contributed by atoms with Crippen molar-refractivity contribution in [1.29, 1.82) is 0 Å². The number of thiazole rings is 1. The number of carbonyl (C=O) groups excluding carboxylic acids is 1. The lowest BCUT2D eigenvalue weighted by Crippen LogP contribution is -2.12. The van der Waals surface area contributed by atoms with Gasteiger partial charge >= 0.3 is 0 Å². The number of aryl methyl sites for hydroxylation is 3. The zero-order valence-electron chi connectivity index (χ0n) is 15.4. The van der Waals surface area contributed by atoms with Crippen molar-refractivity contribution in [2.75, 3.05) is 5.32 Å². The van der Waals surface area contributed by atoms with Crippen LogP contribution < -0.4 is 5.32 Å². The topological polar surface area (TPSA) is 59.8 Å². The van der Waals surface area contributed by atoms with Crippen LogP contribution in [0.3, 0.4) is 0 Å². The molecular weight excluding hydrogens is 364 g/mol. The molecule has 0 aliphatic carbocycles. The minimum absolute atomic E-state index is 0.0172. The molecule has 0 spiro atoms. The van der Waals surface area contributed by atoms with E-state index < -0.39 is 0 Å². The molecule has 0 unspecified atom stereocenters. The van der Waals surface area contributed by atoms with Gasteiger partial charge in [-0.15, -0.1) is 11.3 Å². The molecule has 7 heteroatoms. The summed E-state index contributed by atoms with van der Waals surface area (Å²) in [6.45, 7) is 6.02. The maximum atomic E-state index is 12.2. The number of aromatic nitrogens is 3. The van der Waals surface area contributed by atoms with Crippen LogP contribution in [-0.4, -0.2) is 20.7 Å². The molecule has 5 nitrogen and oxygen atoms in total. The van der Waals surface area contributed by atoms with Crippen LogP contribution in [-0.2, 0) is 18.3 Å². The van der Waals surface area contributed by atoms with Crippen LogP contribution >= 0.6 is 23.1 Å². The maximum absolute atomic E-state index is 12.2. The van der Waals surface area contributed by atoms with E-state index in [2.05, 4.69) is 15.4 Å². The number of hydrogen-bond donors (Lipinski definition) is 1. The number of nitrogens with one attached hydrogen (secondary N) is 1. The highest BCUT2D eigenvalue weighted by molar-refractivity contribution is 8.01. The molecule has 0 aliphatic rings. The lowest BCUT2D eigenvalue weighted by molar-refractivity contribution is -0.116. The Kier molecular flexibility index (Phi) is 5.78. The Balaban J connectivity index is 1.54. The third-order valence-electron chi connectivity index (χ3n) is 4.20. The van der Waals surface area contributed by atoms with Gasteiger partial charge in [0.15, 0.2) is 4.34 Å². The van der Waals surface area contributed by atoms with Gasteiger partial charge in [-0.2, -0.15) is 5.10 Å². The van der Waals surface area contributed by atoms with Crippen molar-refractivity contribution in [1.82, 2.24) is 14.8 Å². The average Bonchev–Trinajstić information content (AvgIpc) is 3.11. The summed E-state index contributed by atoms with van der Waals surface area (Å²) >= 11 is 3.28. The van der Waals surface area contributed by atoms with E-state index in [0.29, 0.717) is 12.8 Å². The van der Waals surface area contributed by atoms with E-state index in [1.165, 1.54) is 0 Å². The molecule has 3 rings (SSSR count). The Morgan fingerprint density at radius 1 is 1.23 bits per heavy atom. The largest absolute Gasteiger partial charge is 0.326 e. The molecule has 0 saturated carbocycles. The summed E-state index contributed by atoms with van der Waals surface area (Å²) < 4.78 is 2.89. The van der Waals surface area contributed by atoms with Gasteiger partial charge in [-0.25, -0.2) is 4.98 Å². The molecule has 0 aliphatic heterocycles. The van der Waals surface area contributed by atoms with E-state index >= 15 is 0 Å². The molecule has 2 aromatic heterocycles. The smallest absolute Gasteiger partial charge is 0.224 e. The van der Waals surface area contributed by atoms with E-state index in [4.69, 9.17) is 0 Å². The fourth-order valence-corrected chi connectivity index (χ4v) is 4.54. The zero-order chi connectivity index (χ0) is 18.7. The molecular formula is C19H22N4OS2. The van der Waals surface area contributed by atoms with Crippen molar-refractivity contribution in [3.63, 3.8) is 0 Å². The third kappa shape index (κ3) is 4.53. The summed E-state index contributed by atoms with van der Waals surface area (Å²) in [5.41, 5.74) is 5.13. The van der Waals surface area contributed by atoms with Gasteiger partial charge in [-0.3, -0.25) is 9.48 Å². The number of hydrogen-bond acceptors (Lipinski definition) is 5. The minimum Gasteiger partial charge on any atom is -0.326 e. The first-order valence-corrected chi connectivity index (χ1v) is 10.1. The van der Waals surface area contributed by atoms with Crippen molar-refractivity contribution in [3.8, 4) is 0 Å². The SMILES string of the molecule is Cc1csc(Sc2ccc(NC(=O)CCc3c(C)nn(C)c3C)cc2)n1. The molecule has 136 valence electrons. The van der Waals surface area contributed by atoms with Gasteiger partial charge in [0.1, 0.15) is 0 Å². The summed E-state index contributed by atoms with van der Waals surface area (Å²) in [7, 11) is 1.93. The lowest BCUT2D eigenvalue weighted by atomic mass is 10.1. The van der Waals surface area contributed by atoms with Crippen LogP contribution in [0.2, 0.25) is 0 Å². The fraction of sp³-hybridized carbons (Fsp3) is 0.316. The summed E-state index contributed by atoms with van der Waals surface area (Å²) in [4.78, 5) is 17.8. The predicted molar refractivity (Wildman–Crippen MR) is 107 cm³/mol. The van der Waals surface area contributed by atoms with Crippen LogP contribution in [0.5, 0.6) is 0 Å². The molecule has 1 amide bonds. The molecule has 2 heterocycles. The van der Waals surface area contributed by atoms with Crippen LogP contribution in [0, 0.1) is 20.8 Å². The van der Waals surface area contributed by atoms with Crippen LogP contribution in [0.15, 0.2) is 38.9 Å². The first-order chi connectivity index (χ1) is 12.4. The molecule has 26 heavy (non-hydrogen) atoms. The molecule has 1 N–H and O–H groups in total. The van der Waals surface area contributed by atoms with Crippen LogP contribution in [0.1, 0.15) is 29.1 Å². The monoisotopic (exact) mass is 386 g/mol. The quantitative estimate of drug-likeness (QED) is 0.676. The second kappa shape index (κ2) is 8.05. The van der Waals surface area contributed by atoms with Gasteiger partial charge in [-0.1, -0.05) is 11.8 Å². The van der Waals surface area contributed by atoms with Gasteiger partial charge in [0.2, 0.25) is 5.91 Å². The summed E-state index contributed by atoms with van der Waals surface area (Å²) in [6, 6.07) is 7.88. The van der Waals surface area contributed by atoms with Gasteiger partial charge in [-0.05, 0) is 57.0 Å². The summed E-state index contributed by atoms with van der Waals surface area (Å²) in [5, 5.41) is 9.41. The van der Waals surface area contributed by atoms with E-state index in [-0.39, 0.29) is 5.91 Å². The zero-order valence-corrected chi connectivity index (χ0v) is 17.0. The number of nitrogens with zero attached hydrogens (tertiary/aromatic N) is 3. The van der Waals surface area contributed by atoms with Crippen LogP contribution in [0.4, 0.5) is 5.69 Å². The highest BCUT2D eigenvalue weighted by atomic mass is 32.2. The number of rotatable bonds is 6. The van der Waals surface area contributed by atoms with Gasteiger partial charge in [0, 0.05) is 40.8 Å². The van der Waals surface area contributed by atoms with E-state index in [9.17, 15) is 4.79 Å². The molecule has 0 fully saturated rings. The predicted octanol–water partition coefficient (Wildman–Crippen LogP) is 4.52. The van der Waals surface area contributed by atoms with Crippen molar-refractivity contribution in [2.45, 2.75) is 42.8 Å². The lowest BCUT2D eigenvalue weighted by Gasteiger charge is -2.07. The van der Waals surface area contributed by atoms with Crippen LogP contribution in [0.25, 0.3) is 0 Å². The number of carbonyl (C=O) groups is 1. The van der Waals surface area contributed by atoms with Gasteiger partial charge in [0.05, 0.1) is 5.69 Å². The first kappa shape index (κ1) is 18.7. The number of benzene rings is 1. The second-order valence-electron chi connectivity index (χ2n) is 6.20. The minimum atomic E-state index is 0.0172. The Bertz CT molecular complexity index is 912. The molecule has 1 aromatic carbocycles. The third-order valence-corrected chi connectivity index (χ3v) is 6.27. The molecule has 0 atom stereocenters. The van der Waals surface area contributed by atoms with Crippen molar-refractivity contribution >= 4 is 34.7 Å². The Labute approximate surface area is 161 Å². The van der Waals surface area contributed by atoms with Crippen molar-refractivity contribution < 1.29 is 4.79 Å². The van der Waals surface area contributed by atoms with E-state index in [1.54, 1.807) is 23.1 Å². The normalized spacial score (nSPS) is 10.9. The number of amides is 1. The van der Waals surface area contributed by atoms with Crippen molar-refractivity contribution in [2.24, 2.45) is 7.05 Å². The number of anilines is 1. The molecule has 0 bridgehead atoms. The van der Waals surface area contributed by atoms with Crippen molar-refractivity contribution in [3.05, 3.63) is 52.3 Å². The summed E-state index contributed by atoms with van der Waals surface area (Å²) in [6.07, 6.45) is 1.15. The summed E-state index contributed by atoms with van der Waals surface area (Å²) in [5.74, 6) is 0.0172. The molecule has 3 aromatic rings. The maximum Gasteiger partial charge on any atom is 0.224 e. The average molecular weight is 387 g/mol. The highest BCUT2D eigenvalue weighted by Crippen LogP contribution is 2.30. The molecule has 0 saturated heterocycles. The van der Waals surface area contributed by atoms with Gasteiger partial charge in [0.25, 0.3) is 0 Å². The fourth-order valence-electron chi connectivity index (χ4n) is 2.73. The molecule has 0 radical (unpaired) electrons. The first-order valence-electron chi connectivity index (χ1n) is 8.41. The standard InChI is InChI=1S/C19H22N4OS2/c1-12-11-25-19(20-12)26-16-7-5-15(6-8-16)21-18(24)10-9-17-13(2)22-23(4)14(17)3/h5-8,11H,9-10H2,1-4H3,(H,21,24). The van der Waals surface area contributed by atoms with Gasteiger partial charge < -0.3 is 5.32 Å². The Morgan fingerprint density at radius 3 is 2.54 bits per heavy atom.